The Morgan fingerprint density at radius 2 is 2.17 bits per heavy atom. The molecule has 2 aliphatic heterocycles. The van der Waals surface area contributed by atoms with Gasteiger partial charge < -0.3 is 19.9 Å². The third-order valence-corrected chi connectivity index (χ3v) is 5.94. The van der Waals surface area contributed by atoms with Crippen LogP contribution in [0.2, 0.25) is 0 Å². The van der Waals surface area contributed by atoms with Gasteiger partial charge in [-0.05, 0) is 32.9 Å². The first kappa shape index (κ1) is 18.8. The normalized spacial score (nSPS) is 18.3. The number of halogens is 1. The van der Waals surface area contributed by atoms with Crippen LogP contribution in [0.5, 0.6) is 0 Å². The van der Waals surface area contributed by atoms with Gasteiger partial charge in [0.1, 0.15) is 11.5 Å². The number of imidazole rings is 1. The maximum atomic E-state index is 14.5. The van der Waals surface area contributed by atoms with Crippen LogP contribution in [0.3, 0.4) is 0 Å². The van der Waals surface area contributed by atoms with E-state index in [0.717, 1.165) is 42.9 Å². The molecule has 0 spiro atoms. The summed E-state index contributed by atoms with van der Waals surface area (Å²) in [6, 6.07) is 3.43. The maximum absolute atomic E-state index is 14.5. The third kappa shape index (κ3) is 3.15. The molecule has 2 aliphatic rings. The number of fused-ring (bicyclic) bond motifs is 2. The van der Waals surface area contributed by atoms with Gasteiger partial charge >= 0.3 is 6.03 Å². The van der Waals surface area contributed by atoms with Crippen LogP contribution < -0.4 is 20.4 Å². The minimum Gasteiger partial charge on any atom is -0.370 e. The molecular weight excluding hydrogens is 385 g/mol. The number of nitrogens with zero attached hydrogens (tertiary/aromatic N) is 5. The highest BCUT2D eigenvalue weighted by Gasteiger charge is 2.31. The monoisotopic (exact) mass is 409 g/mol. The zero-order valence-corrected chi connectivity index (χ0v) is 17.0. The number of amides is 2. The predicted molar refractivity (Wildman–Crippen MR) is 114 cm³/mol. The van der Waals surface area contributed by atoms with E-state index in [1.165, 1.54) is 6.07 Å². The van der Waals surface area contributed by atoms with E-state index in [4.69, 9.17) is 0 Å². The van der Waals surface area contributed by atoms with Gasteiger partial charge in [0, 0.05) is 61.6 Å². The zero-order valence-electron chi connectivity index (χ0n) is 17.0. The van der Waals surface area contributed by atoms with E-state index < -0.39 is 5.82 Å². The van der Waals surface area contributed by atoms with Gasteiger partial charge in [-0.1, -0.05) is 0 Å². The van der Waals surface area contributed by atoms with Gasteiger partial charge in [0.2, 0.25) is 0 Å². The fourth-order valence-corrected chi connectivity index (χ4v) is 4.39. The molecule has 0 bridgehead atoms. The molecular formula is C21H24FN7O. The lowest BCUT2D eigenvalue weighted by Crippen LogP contribution is -2.34. The highest BCUT2D eigenvalue weighted by Crippen LogP contribution is 2.35. The minimum atomic E-state index is -0.516. The van der Waals surface area contributed by atoms with Crippen LogP contribution in [-0.4, -0.2) is 53.1 Å². The summed E-state index contributed by atoms with van der Waals surface area (Å²) in [5.74, 6) is 0.135. The van der Waals surface area contributed by atoms with Crippen molar-refractivity contribution in [2.24, 2.45) is 0 Å². The highest BCUT2D eigenvalue weighted by molar-refractivity contribution is 6.03. The summed E-state index contributed by atoms with van der Waals surface area (Å²) < 4.78 is 16.2. The number of anilines is 3. The molecule has 0 radical (unpaired) electrons. The fraction of sp³-hybridized carbons (Fsp3) is 0.381. The van der Waals surface area contributed by atoms with Crippen molar-refractivity contribution in [3.63, 3.8) is 0 Å². The van der Waals surface area contributed by atoms with Crippen molar-refractivity contribution in [1.29, 1.82) is 0 Å². The Hall–Kier alpha value is -3.20. The molecule has 1 fully saturated rings. The van der Waals surface area contributed by atoms with Gasteiger partial charge in [0.05, 0.1) is 11.4 Å². The number of likely N-dealkylation sites (N-methyl/N-ethyl adjacent to an activating group) is 1. The molecule has 2 N–H and O–H groups in total. The molecule has 5 heterocycles. The van der Waals surface area contributed by atoms with Crippen molar-refractivity contribution in [2.75, 3.05) is 41.8 Å². The molecule has 0 unspecified atom stereocenters. The summed E-state index contributed by atoms with van der Waals surface area (Å²) in [4.78, 5) is 25.6. The van der Waals surface area contributed by atoms with E-state index in [0.29, 0.717) is 24.1 Å². The second-order valence-corrected chi connectivity index (χ2v) is 7.87. The Morgan fingerprint density at radius 1 is 1.30 bits per heavy atom. The van der Waals surface area contributed by atoms with Crippen LogP contribution in [0.15, 0.2) is 30.7 Å². The molecule has 8 nitrogen and oxygen atoms in total. The molecule has 5 rings (SSSR count). The first-order valence-electron chi connectivity index (χ1n) is 10.2. The molecule has 30 heavy (non-hydrogen) atoms. The van der Waals surface area contributed by atoms with Gasteiger partial charge in [-0.15, -0.1) is 0 Å². The summed E-state index contributed by atoms with van der Waals surface area (Å²) in [6.45, 7) is 4.27. The summed E-state index contributed by atoms with van der Waals surface area (Å²) in [5, 5.41) is 6.03. The highest BCUT2D eigenvalue weighted by atomic mass is 19.1. The number of aromatic nitrogens is 3. The number of carbonyl (C=O) groups is 1. The Balaban J connectivity index is 1.39. The van der Waals surface area contributed by atoms with Crippen molar-refractivity contribution in [3.05, 3.63) is 47.8 Å². The van der Waals surface area contributed by atoms with Crippen LogP contribution in [0, 0.1) is 12.7 Å². The standard InChI is InChI=1S/C21H24FN7O/c1-13-10-28-12-17(16(22)9-19(28)25-13)26-21(30)29-8-5-15-18(3-6-24-20(15)29)27-7-4-14(11-27)23-2/h3,6,9-10,12,14,23H,4-5,7-8,11H2,1-2H3,(H,26,30)/t14-/m1/s1. The fourth-order valence-electron chi connectivity index (χ4n) is 4.39. The van der Waals surface area contributed by atoms with Gasteiger partial charge in [-0.3, -0.25) is 4.90 Å². The largest absolute Gasteiger partial charge is 0.370 e. The summed E-state index contributed by atoms with van der Waals surface area (Å²) in [6.07, 6.45) is 6.90. The van der Waals surface area contributed by atoms with Crippen LogP contribution >= 0.6 is 0 Å². The Kier molecular flexibility index (Phi) is 4.54. The predicted octanol–water partition coefficient (Wildman–Crippen LogP) is 2.57. The summed E-state index contributed by atoms with van der Waals surface area (Å²) in [5.41, 5.74) is 3.61. The number of pyridine rings is 2. The molecule has 3 aromatic heterocycles. The first-order chi connectivity index (χ1) is 14.5. The van der Waals surface area contributed by atoms with E-state index in [-0.39, 0.29) is 11.7 Å². The van der Waals surface area contributed by atoms with E-state index >= 15 is 0 Å². The quantitative estimate of drug-likeness (QED) is 0.695. The SMILES string of the molecule is CN[C@@H]1CCN(c2ccnc3c2CCN3C(=O)Nc2cn3cc(C)nc3cc2F)C1. The second kappa shape index (κ2) is 7.24. The second-order valence-electron chi connectivity index (χ2n) is 7.87. The first-order valence-corrected chi connectivity index (χ1v) is 10.2. The minimum absolute atomic E-state index is 0.117. The molecule has 2 amide bonds. The topological polar surface area (TPSA) is 77.8 Å². The third-order valence-electron chi connectivity index (χ3n) is 5.94. The van der Waals surface area contributed by atoms with Gasteiger partial charge in [0.25, 0.3) is 0 Å². The lowest BCUT2D eigenvalue weighted by molar-refractivity contribution is 0.257. The van der Waals surface area contributed by atoms with E-state index in [1.807, 2.05) is 20.0 Å². The van der Waals surface area contributed by atoms with Crippen molar-refractivity contribution in [2.45, 2.75) is 25.8 Å². The Bertz CT molecular complexity index is 1130. The molecule has 1 atom stereocenters. The Morgan fingerprint density at radius 3 is 2.97 bits per heavy atom. The van der Waals surface area contributed by atoms with Crippen molar-refractivity contribution in [3.8, 4) is 0 Å². The number of carbonyl (C=O) groups excluding carboxylic acids is 1. The van der Waals surface area contributed by atoms with Crippen LogP contribution in [-0.2, 0) is 6.42 Å². The molecule has 9 heteroatoms. The van der Waals surface area contributed by atoms with Gasteiger partial charge in [-0.25, -0.2) is 19.2 Å². The van der Waals surface area contributed by atoms with Crippen molar-refractivity contribution >= 4 is 28.9 Å². The zero-order chi connectivity index (χ0) is 20.8. The van der Waals surface area contributed by atoms with Gasteiger partial charge in [-0.2, -0.15) is 0 Å². The van der Waals surface area contributed by atoms with Crippen molar-refractivity contribution in [1.82, 2.24) is 19.7 Å². The number of aryl methyl sites for hydroxylation is 1. The van der Waals surface area contributed by atoms with E-state index in [1.54, 1.807) is 27.9 Å². The van der Waals surface area contributed by atoms with Crippen LogP contribution in [0.4, 0.5) is 26.4 Å². The number of urea groups is 1. The van der Waals surface area contributed by atoms with Crippen LogP contribution in [0.1, 0.15) is 17.7 Å². The molecule has 1 saturated heterocycles. The lowest BCUT2D eigenvalue weighted by atomic mass is 10.2. The average molecular weight is 409 g/mol. The molecule has 0 aromatic carbocycles. The maximum Gasteiger partial charge on any atom is 0.327 e. The van der Waals surface area contributed by atoms with E-state index in [2.05, 4.69) is 25.5 Å². The smallest absolute Gasteiger partial charge is 0.327 e. The molecule has 156 valence electrons. The lowest BCUT2D eigenvalue weighted by Gasteiger charge is -2.22. The average Bonchev–Trinajstić information content (AvgIpc) is 3.45. The van der Waals surface area contributed by atoms with Crippen LogP contribution in [0.25, 0.3) is 5.65 Å². The van der Waals surface area contributed by atoms with Crippen molar-refractivity contribution < 1.29 is 9.18 Å². The molecule has 0 aliphatic carbocycles. The van der Waals surface area contributed by atoms with Gasteiger partial charge in [0.15, 0.2) is 5.82 Å². The van der Waals surface area contributed by atoms with E-state index in [9.17, 15) is 9.18 Å². The number of nitrogens with one attached hydrogen (secondary N) is 2. The Labute approximate surface area is 173 Å². The number of hydrogen-bond donors (Lipinski definition) is 2. The molecule has 0 saturated carbocycles. The summed E-state index contributed by atoms with van der Waals surface area (Å²) >= 11 is 0. The molecule has 3 aromatic rings. The summed E-state index contributed by atoms with van der Waals surface area (Å²) in [7, 11) is 1.98. The number of hydrogen-bond acceptors (Lipinski definition) is 5. The number of rotatable bonds is 3.